The number of benzene rings is 1. The van der Waals surface area contributed by atoms with Crippen molar-refractivity contribution in [2.24, 2.45) is 11.7 Å². The highest BCUT2D eigenvalue weighted by Gasteiger charge is 2.26. The molecule has 1 aromatic carbocycles. The van der Waals surface area contributed by atoms with E-state index in [1.807, 2.05) is 0 Å². The summed E-state index contributed by atoms with van der Waals surface area (Å²) in [5.74, 6) is -0.0707. The van der Waals surface area contributed by atoms with Crippen LogP contribution in [0.4, 0.5) is 5.69 Å². The van der Waals surface area contributed by atoms with E-state index in [-0.39, 0.29) is 17.9 Å². The van der Waals surface area contributed by atoms with Crippen molar-refractivity contribution < 1.29 is 4.79 Å². The second-order valence-electron chi connectivity index (χ2n) is 5.28. The lowest BCUT2D eigenvalue weighted by atomic mass is 9.86. The summed E-state index contributed by atoms with van der Waals surface area (Å²) in [5.41, 5.74) is 7.46. The monoisotopic (exact) mass is 344 g/mol. The molecule has 1 aliphatic carbocycles. The Bertz CT molecular complexity index is 682. The van der Waals surface area contributed by atoms with E-state index in [1.54, 1.807) is 6.07 Å². The summed E-state index contributed by atoms with van der Waals surface area (Å²) in [7, 11) is 0. The van der Waals surface area contributed by atoms with Gasteiger partial charge < -0.3 is 11.1 Å². The maximum atomic E-state index is 12.4. The van der Waals surface area contributed by atoms with Gasteiger partial charge in [-0.2, -0.15) is 8.75 Å². The van der Waals surface area contributed by atoms with E-state index in [1.165, 1.54) is 0 Å². The highest BCUT2D eigenvalue weighted by atomic mass is 35.5. The molecule has 1 aromatic heterocycles. The average Bonchev–Trinajstić information content (AvgIpc) is 2.93. The lowest BCUT2D eigenvalue weighted by molar-refractivity contribution is -0.120. The van der Waals surface area contributed by atoms with Gasteiger partial charge in [-0.15, -0.1) is 0 Å². The molecule has 3 N–H and O–H groups in total. The molecule has 0 spiro atoms. The first-order chi connectivity index (χ1) is 10.1. The van der Waals surface area contributed by atoms with Gasteiger partial charge in [0.25, 0.3) is 0 Å². The molecule has 8 heteroatoms. The van der Waals surface area contributed by atoms with E-state index in [2.05, 4.69) is 14.1 Å². The Morgan fingerprint density at radius 2 is 1.86 bits per heavy atom. The molecule has 5 nitrogen and oxygen atoms in total. The van der Waals surface area contributed by atoms with E-state index < -0.39 is 0 Å². The van der Waals surface area contributed by atoms with Gasteiger partial charge in [-0.05, 0) is 31.7 Å². The minimum Gasteiger partial charge on any atom is -0.328 e. The highest BCUT2D eigenvalue weighted by Crippen LogP contribution is 2.36. The summed E-state index contributed by atoms with van der Waals surface area (Å²) in [6.45, 7) is 0. The van der Waals surface area contributed by atoms with Crippen LogP contribution in [-0.4, -0.2) is 20.7 Å². The lowest BCUT2D eigenvalue weighted by Crippen LogP contribution is -2.32. The van der Waals surface area contributed by atoms with Crippen molar-refractivity contribution >= 4 is 57.6 Å². The minimum absolute atomic E-state index is 0.0295. The Hall–Kier alpha value is -0.950. The zero-order valence-electron chi connectivity index (χ0n) is 11.1. The number of halogens is 2. The third-order valence-corrected chi connectivity index (χ3v) is 4.95. The number of hydrogen-bond donors (Lipinski definition) is 2. The first-order valence-corrected chi connectivity index (χ1v) is 8.21. The Morgan fingerprint density at radius 1 is 1.19 bits per heavy atom. The fourth-order valence-corrected chi connectivity index (χ4v) is 3.76. The first kappa shape index (κ1) is 15.0. The van der Waals surface area contributed by atoms with Crippen LogP contribution in [0.1, 0.15) is 25.7 Å². The van der Waals surface area contributed by atoms with E-state index in [9.17, 15) is 4.79 Å². The van der Waals surface area contributed by atoms with Crippen molar-refractivity contribution in [2.45, 2.75) is 31.7 Å². The molecule has 1 heterocycles. The molecular weight excluding hydrogens is 331 g/mol. The number of nitrogens with two attached hydrogens (primary N) is 1. The van der Waals surface area contributed by atoms with Crippen molar-refractivity contribution in [2.75, 3.05) is 5.32 Å². The molecule has 1 fully saturated rings. The van der Waals surface area contributed by atoms with Crippen LogP contribution in [0.5, 0.6) is 0 Å². The Morgan fingerprint density at radius 3 is 2.57 bits per heavy atom. The Kier molecular flexibility index (Phi) is 4.31. The largest absolute Gasteiger partial charge is 0.328 e. The quantitative estimate of drug-likeness (QED) is 0.873. The predicted octanol–water partition coefficient (Wildman–Crippen LogP) is 3.45. The molecule has 3 rings (SSSR count). The maximum Gasteiger partial charge on any atom is 0.227 e. The number of aromatic nitrogens is 2. The number of carbonyl (C=O) groups is 1. The molecule has 1 amide bonds. The third-order valence-electron chi connectivity index (χ3n) is 3.83. The van der Waals surface area contributed by atoms with Crippen LogP contribution in [0.25, 0.3) is 11.0 Å². The molecule has 1 aliphatic rings. The molecule has 2 aromatic rings. The van der Waals surface area contributed by atoms with Gasteiger partial charge in [-0.3, -0.25) is 4.79 Å². The number of nitrogens with one attached hydrogen (secondary N) is 1. The number of hydrogen-bond acceptors (Lipinski definition) is 5. The molecule has 0 atom stereocenters. The molecule has 0 radical (unpaired) electrons. The van der Waals surface area contributed by atoms with Crippen molar-refractivity contribution in [1.29, 1.82) is 0 Å². The predicted molar refractivity (Wildman–Crippen MR) is 86.0 cm³/mol. The van der Waals surface area contributed by atoms with Gasteiger partial charge in [0.1, 0.15) is 11.0 Å². The topological polar surface area (TPSA) is 80.9 Å². The SMILES string of the molecule is NC1CCC(C(=O)Nc2c(Cl)cc(Cl)c3nsnc23)CC1. The lowest BCUT2D eigenvalue weighted by Gasteiger charge is -2.25. The van der Waals surface area contributed by atoms with Gasteiger partial charge in [0.2, 0.25) is 5.91 Å². The fraction of sp³-hybridized carbons (Fsp3) is 0.462. The van der Waals surface area contributed by atoms with Gasteiger partial charge in [-0.25, -0.2) is 0 Å². The van der Waals surface area contributed by atoms with Crippen LogP contribution >= 0.6 is 34.9 Å². The Balaban J connectivity index is 1.85. The fourth-order valence-electron chi connectivity index (χ4n) is 2.60. The van der Waals surface area contributed by atoms with Crippen LogP contribution in [0, 0.1) is 5.92 Å². The van der Waals surface area contributed by atoms with E-state index in [0.717, 1.165) is 37.4 Å². The smallest absolute Gasteiger partial charge is 0.227 e. The van der Waals surface area contributed by atoms with E-state index in [0.29, 0.717) is 26.8 Å². The molecule has 1 saturated carbocycles. The second-order valence-corrected chi connectivity index (χ2v) is 6.62. The van der Waals surface area contributed by atoms with Crippen LogP contribution < -0.4 is 11.1 Å². The standard InChI is InChI=1S/C13H14Cl2N4OS/c14-8-5-9(15)11-12(19-21-18-11)10(8)17-13(20)6-1-3-7(16)4-2-6/h5-7H,1-4,16H2,(H,17,20). The van der Waals surface area contributed by atoms with Gasteiger partial charge in [0, 0.05) is 12.0 Å². The number of amides is 1. The maximum absolute atomic E-state index is 12.4. The summed E-state index contributed by atoms with van der Waals surface area (Å²) >= 11 is 13.3. The molecule has 0 aliphatic heterocycles. The van der Waals surface area contributed by atoms with Crippen molar-refractivity contribution in [3.63, 3.8) is 0 Å². The van der Waals surface area contributed by atoms with Crippen LogP contribution in [0.2, 0.25) is 10.0 Å². The van der Waals surface area contributed by atoms with Gasteiger partial charge in [-0.1, -0.05) is 23.2 Å². The summed E-state index contributed by atoms with van der Waals surface area (Å²) in [4.78, 5) is 12.4. The number of nitrogens with zero attached hydrogens (tertiary/aromatic N) is 2. The van der Waals surface area contributed by atoms with Crippen molar-refractivity contribution in [1.82, 2.24) is 8.75 Å². The summed E-state index contributed by atoms with van der Waals surface area (Å²) in [6.07, 6.45) is 3.35. The number of fused-ring (bicyclic) bond motifs is 1. The van der Waals surface area contributed by atoms with Crippen LogP contribution in [0.15, 0.2) is 6.07 Å². The van der Waals surface area contributed by atoms with Gasteiger partial charge in [0.05, 0.1) is 27.5 Å². The second kappa shape index (κ2) is 6.04. The summed E-state index contributed by atoms with van der Waals surface area (Å²) in [5, 5.41) is 3.70. The molecule has 21 heavy (non-hydrogen) atoms. The molecule has 0 unspecified atom stereocenters. The Labute approximate surface area is 136 Å². The van der Waals surface area contributed by atoms with E-state index >= 15 is 0 Å². The highest BCUT2D eigenvalue weighted by molar-refractivity contribution is 7.00. The van der Waals surface area contributed by atoms with Crippen molar-refractivity contribution in [3.05, 3.63) is 16.1 Å². The zero-order valence-corrected chi connectivity index (χ0v) is 13.4. The molecule has 112 valence electrons. The summed E-state index contributed by atoms with van der Waals surface area (Å²) in [6, 6.07) is 1.79. The van der Waals surface area contributed by atoms with Crippen molar-refractivity contribution in [3.8, 4) is 0 Å². The molecular formula is C13H14Cl2N4OS. The number of rotatable bonds is 2. The normalized spacial score (nSPS) is 22.4. The number of carbonyl (C=O) groups excluding carboxylic acids is 1. The molecule has 0 bridgehead atoms. The third kappa shape index (κ3) is 2.99. The average molecular weight is 345 g/mol. The van der Waals surface area contributed by atoms with Crippen LogP contribution in [-0.2, 0) is 4.79 Å². The first-order valence-electron chi connectivity index (χ1n) is 6.73. The number of anilines is 1. The summed E-state index contributed by atoms with van der Waals surface area (Å²) < 4.78 is 8.30. The van der Waals surface area contributed by atoms with Crippen LogP contribution in [0.3, 0.4) is 0 Å². The molecule has 0 saturated heterocycles. The minimum atomic E-state index is -0.0413. The van der Waals surface area contributed by atoms with Gasteiger partial charge in [0.15, 0.2) is 0 Å². The zero-order chi connectivity index (χ0) is 15.0. The van der Waals surface area contributed by atoms with Gasteiger partial charge >= 0.3 is 0 Å². The van der Waals surface area contributed by atoms with E-state index in [4.69, 9.17) is 28.9 Å².